The molecule has 1 aromatic heterocycles. The maximum atomic E-state index is 12.5. The van der Waals surface area contributed by atoms with E-state index in [0.717, 1.165) is 5.56 Å². The van der Waals surface area contributed by atoms with E-state index in [1.165, 1.54) is 6.92 Å². The van der Waals surface area contributed by atoms with Crippen LogP contribution in [0.25, 0.3) is 11.4 Å². The lowest BCUT2D eigenvalue weighted by Crippen LogP contribution is -2.43. The van der Waals surface area contributed by atoms with Crippen LogP contribution >= 0.6 is 0 Å². The van der Waals surface area contributed by atoms with Gasteiger partial charge in [-0.05, 0) is 49.2 Å². The number of benzene rings is 2. The summed E-state index contributed by atoms with van der Waals surface area (Å²) in [5.74, 6) is 0.619. The number of anilines is 1. The molecule has 0 spiro atoms. The van der Waals surface area contributed by atoms with Gasteiger partial charge >= 0.3 is 0 Å². The Hall–Kier alpha value is -4.01. The molecule has 0 atom stereocenters. The number of nitrogens with one attached hydrogen (secondary N) is 2. The third-order valence-electron chi connectivity index (χ3n) is 5.54. The van der Waals surface area contributed by atoms with E-state index >= 15 is 0 Å². The summed E-state index contributed by atoms with van der Waals surface area (Å²) in [6.45, 7) is 2.55. The van der Waals surface area contributed by atoms with Crippen LogP contribution in [0.2, 0.25) is 0 Å². The number of hydrogen-bond acceptors (Lipinski definition) is 6. The number of carbonyl (C=O) groups excluding carboxylic acids is 3. The first-order valence-electron chi connectivity index (χ1n) is 10.8. The number of likely N-dealkylation sites (tertiary alicyclic amines) is 1. The third-order valence-corrected chi connectivity index (χ3v) is 5.54. The second-order valence-electron chi connectivity index (χ2n) is 7.92. The van der Waals surface area contributed by atoms with Crippen LogP contribution in [-0.2, 0) is 9.59 Å². The van der Waals surface area contributed by atoms with E-state index in [4.69, 9.17) is 4.52 Å². The molecule has 3 aromatic rings. The Labute approximate surface area is 191 Å². The molecule has 0 radical (unpaired) electrons. The summed E-state index contributed by atoms with van der Waals surface area (Å²) >= 11 is 0. The molecule has 2 heterocycles. The lowest BCUT2D eigenvalue weighted by Gasteiger charge is -2.30. The number of rotatable bonds is 6. The summed E-state index contributed by atoms with van der Waals surface area (Å²) in [7, 11) is 0. The van der Waals surface area contributed by atoms with Crippen LogP contribution in [0.3, 0.4) is 0 Å². The molecule has 1 aliphatic heterocycles. The first-order chi connectivity index (χ1) is 16.0. The van der Waals surface area contributed by atoms with Gasteiger partial charge in [-0.3, -0.25) is 14.4 Å². The molecule has 1 aliphatic rings. The Balaban J connectivity index is 1.27. The summed E-state index contributed by atoms with van der Waals surface area (Å²) in [6.07, 6.45) is 1.42. The maximum Gasteiger partial charge on any atom is 0.251 e. The van der Waals surface area contributed by atoms with Crippen LogP contribution in [0, 0.1) is 0 Å². The number of carbonyl (C=O) groups is 3. The standard InChI is InChI=1S/C24H25N5O4/c1-16(30)26-20-9-7-17(8-10-20)22-27-24(33-28-22)19-11-13-29(14-12-19)21(31)15-25-23(32)18-5-3-2-4-6-18/h2-10,19H,11-15H2,1H3,(H,25,32)(H,26,30). The molecule has 0 bridgehead atoms. The summed E-state index contributed by atoms with van der Waals surface area (Å²) in [6, 6.07) is 16.0. The Kier molecular flexibility index (Phi) is 6.77. The molecule has 9 nitrogen and oxygen atoms in total. The second kappa shape index (κ2) is 10.1. The van der Waals surface area contributed by atoms with E-state index in [2.05, 4.69) is 20.8 Å². The molecule has 2 aromatic carbocycles. The smallest absolute Gasteiger partial charge is 0.251 e. The van der Waals surface area contributed by atoms with Crippen molar-refractivity contribution in [2.45, 2.75) is 25.7 Å². The van der Waals surface area contributed by atoms with Crippen LogP contribution in [0.5, 0.6) is 0 Å². The molecule has 0 saturated carbocycles. The van der Waals surface area contributed by atoms with Crippen molar-refractivity contribution in [3.8, 4) is 11.4 Å². The fourth-order valence-corrected chi connectivity index (χ4v) is 3.76. The average Bonchev–Trinajstić information content (AvgIpc) is 3.33. The monoisotopic (exact) mass is 447 g/mol. The highest BCUT2D eigenvalue weighted by Crippen LogP contribution is 2.29. The molecule has 3 amide bonds. The Morgan fingerprint density at radius 2 is 1.73 bits per heavy atom. The summed E-state index contributed by atoms with van der Waals surface area (Å²) in [5.41, 5.74) is 2.02. The topological polar surface area (TPSA) is 117 Å². The minimum atomic E-state index is -0.262. The number of piperidine rings is 1. The van der Waals surface area contributed by atoms with Crippen molar-refractivity contribution in [3.63, 3.8) is 0 Å². The van der Waals surface area contributed by atoms with Gasteiger partial charge in [-0.1, -0.05) is 23.4 Å². The SMILES string of the molecule is CC(=O)Nc1ccc(-c2noc(C3CCN(C(=O)CNC(=O)c4ccccc4)CC3)n2)cc1. The molecule has 170 valence electrons. The van der Waals surface area contributed by atoms with Gasteiger partial charge in [-0.15, -0.1) is 0 Å². The quantitative estimate of drug-likeness (QED) is 0.600. The number of nitrogens with zero attached hydrogens (tertiary/aromatic N) is 3. The Bertz CT molecular complexity index is 1120. The third kappa shape index (κ3) is 5.62. The largest absolute Gasteiger partial charge is 0.343 e. The number of aromatic nitrogens is 2. The molecular formula is C24H25N5O4. The molecule has 9 heteroatoms. The zero-order valence-corrected chi connectivity index (χ0v) is 18.3. The highest BCUT2D eigenvalue weighted by molar-refractivity contribution is 5.96. The van der Waals surface area contributed by atoms with E-state index in [9.17, 15) is 14.4 Å². The van der Waals surface area contributed by atoms with Gasteiger partial charge in [0, 0.05) is 42.7 Å². The summed E-state index contributed by atoms with van der Waals surface area (Å²) in [5, 5.41) is 9.48. The van der Waals surface area contributed by atoms with Crippen molar-refractivity contribution in [1.82, 2.24) is 20.4 Å². The number of hydrogen-bond donors (Lipinski definition) is 2. The van der Waals surface area contributed by atoms with Crippen LogP contribution < -0.4 is 10.6 Å². The van der Waals surface area contributed by atoms with Crippen molar-refractivity contribution >= 4 is 23.4 Å². The minimum absolute atomic E-state index is 0.0302. The van der Waals surface area contributed by atoms with Gasteiger partial charge in [0.1, 0.15) is 0 Å². The van der Waals surface area contributed by atoms with Gasteiger partial charge in [0.05, 0.1) is 6.54 Å². The van der Waals surface area contributed by atoms with Crippen LogP contribution in [0.4, 0.5) is 5.69 Å². The fraction of sp³-hybridized carbons (Fsp3) is 0.292. The predicted molar refractivity (Wildman–Crippen MR) is 121 cm³/mol. The predicted octanol–water partition coefficient (Wildman–Crippen LogP) is 2.83. The minimum Gasteiger partial charge on any atom is -0.343 e. The number of amides is 3. The van der Waals surface area contributed by atoms with Crippen LogP contribution in [0.15, 0.2) is 59.1 Å². The highest BCUT2D eigenvalue weighted by atomic mass is 16.5. The van der Waals surface area contributed by atoms with Crippen molar-refractivity contribution in [2.24, 2.45) is 0 Å². The van der Waals surface area contributed by atoms with E-state index in [-0.39, 0.29) is 30.2 Å². The normalized spacial score (nSPS) is 14.0. The van der Waals surface area contributed by atoms with Crippen LogP contribution in [0.1, 0.15) is 41.9 Å². The van der Waals surface area contributed by atoms with Gasteiger partial charge < -0.3 is 20.1 Å². The fourth-order valence-electron chi connectivity index (χ4n) is 3.76. The van der Waals surface area contributed by atoms with Gasteiger partial charge in [-0.2, -0.15) is 4.98 Å². The molecule has 0 unspecified atom stereocenters. The van der Waals surface area contributed by atoms with E-state index in [0.29, 0.717) is 48.9 Å². The average molecular weight is 447 g/mol. The van der Waals surface area contributed by atoms with Gasteiger partial charge in [-0.25, -0.2) is 0 Å². The first kappa shape index (κ1) is 22.2. The van der Waals surface area contributed by atoms with E-state index in [1.807, 2.05) is 18.2 Å². The van der Waals surface area contributed by atoms with Crippen LogP contribution in [-0.4, -0.2) is 52.4 Å². The van der Waals surface area contributed by atoms with Crippen molar-refractivity contribution < 1.29 is 18.9 Å². The van der Waals surface area contributed by atoms with Gasteiger partial charge in [0.15, 0.2) is 0 Å². The molecular weight excluding hydrogens is 422 g/mol. The molecule has 33 heavy (non-hydrogen) atoms. The molecule has 2 N–H and O–H groups in total. The van der Waals surface area contributed by atoms with Crippen molar-refractivity contribution in [3.05, 3.63) is 66.1 Å². The highest BCUT2D eigenvalue weighted by Gasteiger charge is 2.27. The molecule has 0 aliphatic carbocycles. The Morgan fingerprint density at radius 3 is 2.39 bits per heavy atom. The second-order valence-corrected chi connectivity index (χ2v) is 7.92. The van der Waals surface area contributed by atoms with Crippen molar-refractivity contribution in [2.75, 3.05) is 25.0 Å². The zero-order chi connectivity index (χ0) is 23.2. The zero-order valence-electron chi connectivity index (χ0n) is 18.3. The van der Waals surface area contributed by atoms with E-state index < -0.39 is 0 Å². The molecule has 1 fully saturated rings. The lowest BCUT2D eigenvalue weighted by atomic mass is 9.96. The summed E-state index contributed by atoms with van der Waals surface area (Å²) in [4.78, 5) is 42.0. The van der Waals surface area contributed by atoms with Gasteiger partial charge in [0.25, 0.3) is 5.91 Å². The van der Waals surface area contributed by atoms with Crippen molar-refractivity contribution in [1.29, 1.82) is 0 Å². The first-order valence-corrected chi connectivity index (χ1v) is 10.8. The maximum absolute atomic E-state index is 12.5. The van der Waals surface area contributed by atoms with E-state index in [1.54, 1.807) is 41.3 Å². The molecule has 1 saturated heterocycles. The van der Waals surface area contributed by atoms with Gasteiger partial charge in [0.2, 0.25) is 23.5 Å². The summed E-state index contributed by atoms with van der Waals surface area (Å²) < 4.78 is 5.49. The Morgan fingerprint density at radius 1 is 1.03 bits per heavy atom. The lowest BCUT2D eigenvalue weighted by molar-refractivity contribution is -0.131. The molecule has 4 rings (SSSR count).